The number of benzene rings is 1. The predicted octanol–water partition coefficient (Wildman–Crippen LogP) is 2.98. The van der Waals surface area contributed by atoms with Gasteiger partial charge in [-0.1, -0.05) is 23.7 Å². The van der Waals surface area contributed by atoms with E-state index in [0.717, 1.165) is 11.3 Å². The molecule has 9 nitrogen and oxygen atoms in total. The highest BCUT2D eigenvalue weighted by molar-refractivity contribution is 6.31. The molecule has 2 heterocycles. The molecule has 1 aromatic carbocycles. The Morgan fingerprint density at radius 1 is 1.25 bits per heavy atom. The van der Waals surface area contributed by atoms with E-state index in [9.17, 15) is 14.9 Å². The van der Waals surface area contributed by atoms with E-state index in [1.165, 1.54) is 17.1 Å². The first-order chi connectivity index (χ1) is 13.4. The number of carbonyl (C=O) groups is 1. The average molecular weight is 403 g/mol. The molecular weight excluding hydrogens is 384 g/mol. The van der Waals surface area contributed by atoms with Crippen LogP contribution in [0.2, 0.25) is 5.02 Å². The minimum Gasteiger partial charge on any atom is -0.336 e. The molecule has 2 aromatic heterocycles. The van der Waals surface area contributed by atoms with Gasteiger partial charge in [-0.05, 0) is 24.6 Å². The van der Waals surface area contributed by atoms with Crippen LogP contribution in [-0.2, 0) is 19.6 Å². The van der Waals surface area contributed by atoms with Gasteiger partial charge in [0.1, 0.15) is 12.4 Å². The molecule has 0 aliphatic heterocycles. The maximum Gasteiger partial charge on any atom is 0.307 e. The van der Waals surface area contributed by atoms with E-state index in [4.69, 9.17) is 11.6 Å². The largest absolute Gasteiger partial charge is 0.336 e. The van der Waals surface area contributed by atoms with Gasteiger partial charge in [-0.25, -0.2) is 0 Å². The van der Waals surface area contributed by atoms with E-state index < -0.39 is 4.92 Å². The normalized spacial score (nSPS) is 10.8. The lowest BCUT2D eigenvalue weighted by molar-refractivity contribution is -0.385. The van der Waals surface area contributed by atoms with Crippen molar-refractivity contribution in [1.29, 1.82) is 0 Å². The minimum atomic E-state index is -0.488. The standard InChI is InChI=1S/C18H19ClN6O3/c1-3-24-17(16(19)9-21-24)12-22(2)18(26)14-6-4-13(5-7-14)10-23-11-15(8-20-23)25(27)28/h4-9,11H,3,10,12H2,1-2H3. The number of aryl methyl sites for hydroxylation is 1. The van der Waals surface area contributed by atoms with Gasteiger partial charge in [0, 0.05) is 19.2 Å². The summed E-state index contributed by atoms with van der Waals surface area (Å²) in [5, 5.41) is 19.4. The lowest BCUT2D eigenvalue weighted by Crippen LogP contribution is -2.27. The van der Waals surface area contributed by atoms with Gasteiger partial charge in [0.05, 0.1) is 34.9 Å². The summed E-state index contributed by atoms with van der Waals surface area (Å²) in [7, 11) is 1.71. The molecule has 10 heteroatoms. The molecule has 0 fully saturated rings. The van der Waals surface area contributed by atoms with Gasteiger partial charge >= 0.3 is 5.69 Å². The Kier molecular flexibility index (Phi) is 5.74. The summed E-state index contributed by atoms with van der Waals surface area (Å²) in [5.41, 5.74) is 2.15. The Labute approximate surface area is 166 Å². The second kappa shape index (κ2) is 8.22. The van der Waals surface area contributed by atoms with E-state index in [1.54, 1.807) is 47.1 Å². The maximum atomic E-state index is 12.7. The second-order valence-corrected chi connectivity index (χ2v) is 6.67. The number of halogens is 1. The van der Waals surface area contributed by atoms with Gasteiger partial charge in [0.25, 0.3) is 5.91 Å². The third kappa shape index (κ3) is 4.20. The van der Waals surface area contributed by atoms with E-state index in [1.807, 2.05) is 6.92 Å². The molecule has 0 N–H and O–H groups in total. The first-order valence-corrected chi connectivity index (χ1v) is 8.98. The zero-order valence-electron chi connectivity index (χ0n) is 15.4. The summed E-state index contributed by atoms with van der Waals surface area (Å²) in [6.45, 7) is 3.36. The van der Waals surface area contributed by atoms with Crippen molar-refractivity contribution in [2.24, 2.45) is 0 Å². The summed E-state index contributed by atoms with van der Waals surface area (Å²) in [6.07, 6.45) is 4.15. The van der Waals surface area contributed by atoms with Crippen LogP contribution in [-0.4, -0.2) is 42.3 Å². The van der Waals surface area contributed by atoms with Crippen molar-refractivity contribution in [2.75, 3.05) is 7.05 Å². The molecule has 28 heavy (non-hydrogen) atoms. The monoisotopic (exact) mass is 402 g/mol. The number of nitrogens with zero attached hydrogens (tertiary/aromatic N) is 6. The van der Waals surface area contributed by atoms with Crippen molar-refractivity contribution in [3.05, 3.63) is 74.8 Å². The van der Waals surface area contributed by atoms with Crippen LogP contribution in [0.25, 0.3) is 0 Å². The molecule has 0 aliphatic rings. The third-order valence-electron chi connectivity index (χ3n) is 4.31. The van der Waals surface area contributed by atoms with Gasteiger partial charge in [0.2, 0.25) is 0 Å². The first kappa shape index (κ1) is 19.6. The van der Waals surface area contributed by atoms with Crippen LogP contribution < -0.4 is 0 Å². The number of aromatic nitrogens is 4. The van der Waals surface area contributed by atoms with Gasteiger partial charge in [-0.2, -0.15) is 10.2 Å². The molecule has 0 spiro atoms. The topological polar surface area (TPSA) is 99.1 Å². The first-order valence-electron chi connectivity index (χ1n) is 8.60. The summed E-state index contributed by atoms with van der Waals surface area (Å²) in [5.74, 6) is -0.138. The van der Waals surface area contributed by atoms with Gasteiger partial charge in [0.15, 0.2) is 0 Å². The molecule has 3 aromatic rings. The number of rotatable bonds is 7. The summed E-state index contributed by atoms with van der Waals surface area (Å²) in [6, 6.07) is 7.06. The highest BCUT2D eigenvalue weighted by Crippen LogP contribution is 2.18. The summed E-state index contributed by atoms with van der Waals surface area (Å²) in [4.78, 5) is 24.5. The van der Waals surface area contributed by atoms with Crippen LogP contribution in [0.15, 0.2) is 42.9 Å². The van der Waals surface area contributed by atoms with E-state index in [-0.39, 0.29) is 11.6 Å². The smallest absolute Gasteiger partial charge is 0.307 e. The van der Waals surface area contributed by atoms with Crippen molar-refractivity contribution in [3.8, 4) is 0 Å². The van der Waals surface area contributed by atoms with Gasteiger partial charge < -0.3 is 4.90 Å². The van der Waals surface area contributed by atoms with Gasteiger partial charge in [-0.15, -0.1) is 0 Å². The number of carbonyl (C=O) groups excluding carboxylic acids is 1. The zero-order valence-corrected chi connectivity index (χ0v) is 16.2. The highest BCUT2D eigenvalue weighted by Gasteiger charge is 2.16. The third-order valence-corrected chi connectivity index (χ3v) is 4.62. The van der Waals surface area contributed by atoms with Crippen molar-refractivity contribution in [1.82, 2.24) is 24.5 Å². The molecule has 1 amide bonds. The molecule has 0 saturated carbocycles. The number of amides is 1. The number of hydrogen-bond donors (Lipinski definition) is 0. The Morgan fingerprint density at radius 2 is 1.96 bits per heavy atom. The van der Waals surface area contributed by atoms with Crippen LogP contribution in [0.5, 0.6) is 0 Å². The average Bonchev–Trinajstić information content (AvgIpc) is 3.29. The quantitative estimate of drug-likeness (QED) is 0.447. The zero-order chi connectivity index (χ0) is 20.3. The molecule has 0 aliphatic carbocycles. The van der Waals surface area contributed by atoms with Crippen LogP contribution in [0.4, 0.5) is 5.69 Å². The second-order valence-electron chi connectivity index (χ2n) is 6.27. The molecule has 0 radical (unpaired) electrons. The number of hydrogen-bond acceptors (Lipinski definition) is 5. The van der Waals surface area contributed by atoms with Crippen molar-refractivity contribution in [2.45, 2.75) is 26.6 Å². The predicted molar refractivity (Wildman–Crippen MR) is 103 cm³/mol. The fourth-order valence-corrected chi connectivity index (χ4v) is 3.01. The molecule has 0 atom stereocenters. The van der Waals surface area contributed by atoms with Crippen molar-refractivity contribution >= 4 is 23.2 Å². The fourth-order valence-electron chi connectivity index (χ4n) is 2.81. The molecular formula is C18H19ClN6O3. The Bertz CT molecular complexity index is 995. The Balaban J connectivity index is 1.67. The van der Waals surface area contributed by atoms with Gasteiger partial charge in [-0.3, -0.25) is 24.3 Å². The van der Waals surface area contributed by atoms with Crippen molar-refractivity contribution in [3.63, 3.8) is 0 Å². The Morgan fingerprint density at radius 3 is 2.57 bits per heavy atom. The van der Waals surface area contributed by atoms with E-state index in [0.29, 0.717) is 30.2 Å². The molecule has 146 valence electrons. The van der Waals surface area contributed by atoms with E-state index >= 15 is 0 Å². The molecule has 0 unspecified atom stereocenters. The molecule has 3 rings (SSSR count). The lowest BCUT2D eigenvalue weighted by Gasteiger charge is -2.18. The fraction of sp³-hybridized carbons (Fsp3) is 0.278. The maximum absolute atomic E-state index is 12.7. The van der Waals surface area contributed by atoms with Crippen LogP contribution in [0, 0.1) is 10.1 Å². The minimum absolute atomic E-state index is 0.0570. The van der Waals surface area contributed by atoms with Crippen LogP contribution in [0.3, 0.4) is 0 Å². The lowest BCUT2D eigenvalue weighted by atomic mass is 10.1. The molecule has 0 saturated heterocycles. The number of nitro groups is 1. The van der Waals surface area contributed by atoms with Crippen LogP contribution in [0.1, 0.15) is 28.5 Å². The van der Waals surface area contributed by atoms with Crippen LogP contribution >= 0.6 is 11.6 Å². The van der Waals surface area contributed by atoms with Crippen molar-refractivity contribution < 1.29 is 9.72 Å². The Hall–Kier alpha value is -3.20. The SMILES string of the molecule is CCn1ncc(Cl)c1CN(C)C(=O)c1ccc(Cn2cc([N+](=O)[O-])cn2)cc1. The molecule has 0 bridgehead atoms. The summed E-state index contributed by atoms with van der Waals surface area (Å²) >= 11 is 6.17. The highest BCUT2D eigenvalue weighted by atomic mass is 35.5. The summed E-state index contributed by atoms with van der Waals surface area (Å²) < 4.78 is 3.24. The van der Waals surface area contributed by atoms with E-state index in [2.05, 4.69) is 10.2 Å².